The molecule has 2 unspecified atom stereocenters. The Balaban J connectivity index is 1.79. The SMILES string of the molecule is CC(C(=O)NCCc1cccs1)N1CCC(N)C(C)(C)C1. The van der Waals surface area contributed by atoms with Crippen molar-refractivity contribution in [3.8, 4) is 0 Å². The minimum atomic E-state index is -0.0832. The number of nitrogens with two attached hydrogens (primary N) is 1. The van der Waals surface area contributed by atoms with Gasteiger partial charge in [-0.1, -0.05) is 19.9 Å². The van der Waals surface area contributed by atoms with Gasteiger partial charge in [-0.3, -0.25) is 9.69 Å². The average Bonchev–Trinajstić information content (AvgIpc) is 2.94. The minimum Gasteiger partial charge on any atom is -0.354 e. The third kappa shape index (κ3) is 4.28. The fourth-order valence-electron chi connectivity index (χ4n) is 2.82. The second kappa shape index (κ2) is 6.90. The highest BCUT2D eigenvalue weighted by Crippen LogP contribution is 2.28. The maximum Gasteiger partial charge on any atom is 0.237 e. The van der Waals surface area contributed by atoms with E-state index in [4.69, 9.17) is 5.73 Å². The van der Waals surface area contributed by atoms with Crippen molar-refractivity contribution in [3.05, 3.63) is 22.4 Å². The molecule has 1 aromatic rings. The Morgan fingerprint density at radius 3 is 3.00 bits per heavy atom. The highest BCUT2D eigenvalue weighted by Gasteiger charge is 2.36. The molecule has 2 heterocycles. The molecule has 2 rings (SSSR count). The van der Waals surface area contributed by atoms with Crippen LogP contribution < -0.4 is 11.1 Å². The zero-order valence-electron chi connectivity index (χ0n) is 13.3. The number of carbonyl (C=O) groups is 1. The van der Waals surface area contributed by atoms with Gasteiger partial charge >= 0.3 is 0 Å². The van der Waals surface area contributed by atoms with E-state index in [0.29, 0.717) is 6.54 Å². The second-order valence-electron chi connectivity index (χ2n) is 6.65. The molecule has 4 nitrogen and oxygen atoms in total. The number of likely N-dealkylation sites (tertiary alicyclic amines) is 1. The number of nitrogens with one attached hydrogen (secondary N) is 1. The normalized spacial score (nSPS) is 23.7. The molecule has 5 heteroatoms. The van der Waals surface area contributed by atoms with Crippen LogP contribution in [0.1, 0.15) is 32.1 Å². The Bertz CT molecular complexity index is 458. The van der Waals surface area contributed by atoms with Gasteiger partial charge in [0.1, 0.15) is 0 Å². The van der Waals surface area contributed by atoms with Gasteiger partial charge in [-0.2, -0.15) is 0 Å². The van der Waals surface area contributed by atoms with E-state index in [1.165, 1.54) is 4.88 Å². The Morgan fingerprint density at radius 2 is 2.38 bits per heavy atom. The van der Waals surface area contributed by atoms with E-state index in [1.54, 1.807) is 11.3 Å². The minimum absolute atomic E-state index is 0.0732. The predicted octanol–water partition coefficient (Wildman–Crippen LogP) is 1.85. The lowest BCUT2D eigenvalue weighted by molar-refractivity contribution is -0.127. The van der Waals surface area contributed by atoms with Crippen molar-refractivity contribution < 1.29 is 4.79 Å². The van der Waals surface area contributed by atoms with Crippen molar-refractivity contribution in [1.82, 2.24) is 10.2 Å². The molecule has 2 atom stereocenters. The molecule has 0 aliphatic carbocycles. The number of nitrogens with zero attached hydrogens (tertiary/aromatic N) is 1. The molecule has 1 fully saturated rings. The van der Waals surface area contributed by atoms with Crippen molar-refractivity contribution >= 4 is 17.2 Å². The van der Waals surface area contributed by atoms with Crippen molar-refractivity contribution in [3.63, 3.8) is 0 Å². The first-order valence-electron chi connectivity index (χ1n) is 7.70. The summed E-state index contributed by atoms with van der Waals surface area (Å²) in [7, 11) is 0. The Morgan fingerprint density at radius 1 is 1.62 bits per heavy atom. The summed E-state index contributed by atoms with van der Waals surface area (Å²) in [4.78, 5) is 15.8. The van der Waals surface area contributed by atoms with Gasteiger partial charge < -0.3 is 11.1 Å². The number of hydrogen-bond donors (Lipinski definition) is 2. The molecule has 21 heavy (non-hydrogen) atoms. The summed E-state index contributed by atoms with van der Waals surface area (Å²) in [5.41, 5.74) is 6.23. The summed E-state index contributed by atoms with van der Waals surface area (Å²) in [6.45, 7) is 8.86. The Labute approximate surface area is 131 Å². The lowest BCUT2D eigenvalue weighted by Gasteiger charge is -2.44. The quantitative estimate of drug-likeness (QED) is 0.873. The van der Waals surface area contributed by atoms with E-state index < -0.39 is 0 Å². The molecule has 1 aliphatic heterocycles. The predicted molar refractivity (Wildman–Crippen MR) is 88.4 cm³/mol. The summed E-state index contributed by atoms with van der Waals surface area (Å²) in [5, 5.41) is 5.12. The van der Waals surface area contributed by atoms with Crippen LogP contribution in [-0.4, -0.2) is 42.5 Å². The van der Waals surface area contributed by atoms with Gasteiger partial charge in [0.25, 0.3) is 0 Å². The number of carbonyl (C=O) groups excluding carboxylic acids is 1. The number of rotatable bonds is 5. The highest BCUT2D eigenvalue weighted by atomic mass is 32.1. The molecule has 3 N–H and O–H groups in total. The third-order valence-corrected chi connectivity index (χ3v) is 5.46. The van der Waals surface area contributed by atoms with Crippen LogP contribution in [-0.2, 0) is 11.2 Å². The van der Waals surface area contributed by atoms with Gasteiger partial charge in [-0.05, 0) is 36.6 Å². The second-order valence-corrected chi connectivity index (χ2v) is 7.68. The first kappa shape index (κ1) is 16.5. The summed E-state index contributed by atoms with van der Waals surface area (Å²) >= 11 is 1.74. The molecule has 0 aromatic carbocycles. The van der Waals surface area contributed by atoms with Crippen LogP contribution in [0.4, 0.5) is 0 Å². The van der Waals surface area contributed by atoms with Crippen molar-refractivity contribution in [2.45, 2.75) is 45.7 Å². The zero-order valence-corrected chi connectivity index (χ0v) is 14.1. The van der Waals surface area contributed by atoms with Crippen LogP contribution in [0.15, 0.2) is 17.5 Å². The molecule has 0 saturated carbocycles. The molecule has 118 valence electrons. The van der Waals surface area contributed by atoms with Crippen molar-refractivity contribution in [2.24, 2.45) is 11.1 Å². The fraction of sp³-hybridized carbons (Fsp3) is 0.688. The van der Waals surface area contributed by atoms with Crippen molar-refractivity contribution in [1.29, 1.82) is 0 Å². The number of amides is 1. The van der Waals surface area contributed by atoms with Gasteiger partial charge in [0.2, 0.25) is 5.91 Å². The first-order chi connectivity index (χ1) is 9.90. The van der Waals surface area contributed by atoms with Crippen LogP contribution in [0.2, 0.25) is 0 Å². The van der Waals surface area contributed by atoms with Gasteiger partial charge in [0.15, 0.2) is 0 Å². The molecule has 1 aliphatic rings. The van der Waals surface area contributed by atoms with E-state index in [9.17, 15) is 4.79 Å². The van der Waals surface area contributed by atoms with Crippen LogP contribution >= 0.6 is 11.3 Å². The number of thiophene rings is 1. The highest BCUT2D eigenvalue weighted by molar-refractivity contribution is 7.09. The standard InChI is InChI=1S/C16H27N3OS/c1-12(19-9-7-14(17)16(2,3)11-19)15(20)18-8-6-13-5-4-10-21-13/h4-5,10,12,14H,6-9,11,17H2,1-3H3,(H,18,20). The Hall–Kier alpha value is -0.910. The third-order valence-electron chi connectivity index (χ3n) is 4.52. The molecular weight excluding hydrogens is 282 g/mol. The van der Waals surface area contributed by atoms with Crippen LogP contribution in [0.5, 0.6) is 0 Å². The van der Waals surface area contributed by atoms with Crippen molar-refractivity contribution in [2.75, 3.05) is 19.6 Å². The van der Waals surface area contributed by atoms with E-state index in [-0.39, 0.29) is 23.4 Å². The fourth-order valence-corrected chi connectivity index (χ4v) is 3.53. The smallest absolute Gasteiger partial charge is 0.237 e. The van der Waals surface area contributed by atoms with E-state index in [0.717, 1.165) is 25.9 Å². The maximum atomic E-state index is 12.3. The monoisotopic (exact) mass is 309 g/mol. The van der Waals surface area contributed by atoms with E-state index in [2.05, 4.69) is 35.5 Å². The number of piperidine rings is 1. The molecule has 0 radical (unpaired) electrons. The maximum absolute atomic E-state index is 12.3. The zero-order chi connectivity index (χ0) is 15.5. The number of hydrogen-bond acceptors (Lipinski definition) is 4. The van der Waals surface area contributed by atoms with Crippen LogP contribution in [0.3, 0.4) is 0 Å². The molecule has 1 saturated heterocycles. The van der Waals surface area contributed by atoms with Crippen LogP contribution in [0.25, 0.3) is 0 Å². The molecular formula is C16H27N3OS. The summed E-state index contributed by atoms with van der Waals surface area (Å²) in [6, 6.07) is 4.29. The first-order valence-corrected chi connectivity index (χ1v) is 8.58. The largest absolute Gasteiger partial charge is 0.354 e. The van der Waals surface area contributed by atoms with Gasteiger partial charge in [-0.15, -0.1) is 11.3 Å². The lowest BCUT2D eigenvalue weighted by Crippen LogP contribution is -2.57. The molecule has 1 aromatic heterocycles. The van der Waals surface area contributed by atoms with E-state index in [1.807, 2.05) is 13.0 Å². The lowest BCUT2D eigenvalue weighted by atomic mass is 9.79. The summed E-state index contributed by atoms with van der Waals surface area (Å²) < 4.78 is 0. The average molecular weight is 309 g/mol. The van der Waals surface area contributed by atoms with Gasteiger partial charge in [0.05, 0.1) is 6.04 Å². The van der Waals surface area contributed by atoms with Gasteiger partial charge in [0, 0.05) is 30.6 Å². The topological polar surface area (TPSA) is 58.4 Å². The van der Waals surface area contributed by atoms with E-state index >= 15 is 0 Å². The van der Waals surface area contributed by atoms with Gasteiger partial charge in [-0.25, -0.2) is 0 Å². The summed E-state index contributed by atoms with van der Waals surface area (Å²) in [6.07, 6.45) is 1.87. The molecule has 1 amide bonds. The summed E-state index contributed by atoms with van der Waals surface area (Å²) in [5.74, 6) is 0.123. The molecule has 0 bridgehead atoms. The van der Waals surface area contributed by atoms with Crippen LogP contribution in [0, 0.1) is 5.41 Å². The Kier molecular flexibility index (Phi) is 5.41. The molecule has 0 spiro atoms.